The first-order chi connectivity index (χ1) is 15.1. The minimum absolute atomic E-state index is 0. The van der Waals surface area contributed by atoms with Crippen molar-refractivity contribution in [2.24, 2.45) is 4.99 Å². The molecule has 0 bridgehead atoms. The fourth-order valence-electron chi connectivity index (χ4n) is 4.51. The van der Waals surface area contributed by atoms with Gasteiger partial charge in [-0.25, -0.2) is 9.38 Å². The smallest absolute Gasteiger partial charge is 0.191 e. The molecule has 0 spiro atoms. The van der Waals surface area contributed by atoms with E-state index in [0.717, 1.165) is 76.7 Å². The van der Waals surface area contributed by atoms with Crippen molar-refractivity contribution in [2.45, 2.75) is 52.6 Å². The number of guanidine groups is 1. The molecule has 1 aromatic rings. The second-order valence-electron chi connectivity index (χ2n) is 8.66. The second kappa shape index (κ2) is 14.2. The van der Waals surface area contributed by atoms with Gasteiger partial charge in [-0.1, -0.05) is 19.9 Å². The summed E-state index contributed by atoms with van der Waals surface area (Å²) in [5.41, 5.74) is 1.62. The first kappa shape index (κ1) is 27.1. The van der Waals surface area contributed by atoms with E-state index in [4.69, 9.17) is 4.99 Å². The van der Waals surface area contributed by atoms with Crippen molar-refractivity contribution in [3.8, 4) is 0 Å². The number of rotatable bonds is 8. The number of anilines is 1. The van der Waals surface area contributed by atoms with Crippen LogP contribution < -0.4 is 15.5 Å². The largest absolute Gasteiger partial charge is 0.367 e. The molecule has 0 unspecified atom stereocenters. The Morgan fingerprint density at radius 1 is 1.03 bits per heavy atom. The van der Waals surface area contributed by atoms with Gasteiger partial charge in [-0.05, 0) is 57.0 Å². The molecule has 0 radical (unpaired) electrons. The maximum Gasteiger partial charge on any atom is 0.191 e. The van der Waals surface area contributed by atoms with E-state index in [0.29, 0.717) is 18.3 Å². The Labute approximate surface area is 211 Å². The Kier molecular flexibility index (Phi) is 12.0. The lowest BCUT2D eigenvalue weighted by molar-refractivity contribution is 0.206. The third-order valence-corrected chi connectivity index (χ3v) is 6.40. The summed E-state index contributed by atoms with van der Waals surface area (Å²) in [6, 6.07) is 6.04. The molecule has 2 fully saturated rings. The van der Waals surface area contributed by atoms with E-state index in [1.807, 2.05) is 12.1 Å². The van der Waals surface area contributed by atoms with Crippen molar-refractivity contribution in [2.75, 3.05) is 63.8 Å². The summed E-state index contributed by atoms with van der Waals surface area (Å²) in [6.45, 7) is 16.1. The van der Waals surface area contributed by atoms with Gasteiger partial charge in [-0.3, -0.25) is 0 Å². The molecule has 0 aliphatic carbocycles. The maximum atomic E-state index is 14.8. The molecular weight excluding hydrogens is 518 g/mol. The number of likely N-dealkylation sites (tertiary alicyclic amines) is 1. The van der Waals surface area contributed by atoms with Crippen molar-refractivity contribution < 1.29 is 4.39 Å². The molecule has 0 atom stereocenters. The highest BCUT2D eigenvalue weighted by molar-refractivity contribution is 14.0. The monoisotopic (exact) mass is 560 g/mol. The van der Waals surface area contributed by atoms with Crippen LogP contribution in [0.5, 0.6) is 0 Å². The zero-order valence-corrected chi connectivity index (χ0v) is 22.4. The van der Waals surface area contributed by atoms with Crippen LogP contribution in [0.1, 0.15) is 45.6 Å². The quantitative estimate of drug-likeness (QED) is 0.290. The van der Waals surface area contributed by atoms with Gasteiger partial charge in [0.2, 0.25) is 0 Å². The predicted molar refractivity (Wildman–Crippen MR) is 144 cm³/mol. The summed E-state index contributed by atoms with van der Waals surface area (Å²) in [4.78, 5) is 11.8. The van der Waals surface area contributed by atoms with Crippen LogP contribution >= 0.6 is 24.0 Å². The van der Waals surface area contributed by atoms with Gasteiger partial charge in [0.15, 0.2) is 5.96 Å². The first-order valence-electron chi connectivity index (χ1n) is 12.2. The highest BCUT2D eigenvalue weighted by Gasteiger charge is 2.20. The van der Waals surface area contributed by atoms with Crippen molar-refractivity contribution in [1.29, 1.82) is 0 Å². The van der Waals surface area contributed by atoms with E-state index in [-0.39, 0.29) is 29.8 Å². The summed E-state index contributed by atoms with van der Waals surface area (Å²) >= 11 is 0. The lowest BCUT2D eigenvalue weighted by Gasteiger charge is -2.35. The van der Waals surface area contributed by atoms with Crippen molar-refractivity contribution >= 4 is 35.6 Å². The van der Waals surface area contributed by atoms with Gasteiger partial charge in [0.05, 0.1) is 12.2 Å². The van der Waals surface area contributed by atoms with E-state index in [1.165, 1.54) is 13.0 Å². The third-order valence-electron chi connectivity index (χ3n) is 6.40. The van der Waals surface area contributed by atoms with Gasteiger partial charge in [0.25, 0.3) is 0 Å². The molecule has 0 amide bonds. The number of benzene rings is 1. The summed E-state index contributed by atoms with van der Waals surface area (Å²) in [7, 11) is 0. The number of halogens is 2. The minimum Gasteiger partial charge on any atom is -0.367 e. The number of hydrogen-bond donors (Lipinski definition) is 2. The molecule has 8 heteroatoms. The fourth-order valence-corrected chi connectivity index (χ4v) is 4.51. The van der Waals surface area contributed by atoms with Crippen LogP contribution in [-0.2, 0) is 6.54 Å². The summed E-state index contributed by atoms with van der Waals surface area (Å²) in [5.74, 6) is 0.690. The molecule has 2 N–H and O–H groups in total. The van der Waals surface area contributed by atoms with Crippen LogP contribution in [0.4, 0.5) is 10.1 Å². The average molecular weight is 561 g/mol. The lowest BCUT2D eigenvalue weighted by Crippen LogP contribution is -2.48. The van der Waals surface area contributed by atoms with Crippen LogP contribution in [0.2, 0.25) is 0 Å². The molecule has 182 valence electrons. The number of aliphatic imine (C=N–C) groups is 1. The normalized spacial score (nSPS) is 19.0. The van der Waals surface area contributed by atoms with Crippen LogP contribution in [-0.4, -0.2) is 80.7 Å². The van der Waals surface area contributed by atoms with E-state index < -0.39 is 0 Å². The molecule has 6 nitrogen and oxygen atoms in total. The standard InChI is InChI=1S/C24H41FN6.HI/c1-4-11-30-12-9-21(10-13-30)28-24(26-5-2)27-19-20-7-8-23(22(25)18-20)31-16-14-29(6-3)15-17-31;/h7-8,18,21H,4-6,9-17,19H2,1-3H3,(H2,26,27,28);1H. The fraction of sp³-hybridized carbons (Fsp3) is 0.708. The van der Waals surface area contributed by atoms with Crippen LogP contribution in [0.3, 0.4) is 0 Å². The van der Waals surface area contributed by atoms with E-state index in [2.05, 4.69) is 46.1 Å². The first-order valence-corrected chi connectivity index (χ1v) is 12.2. The summed E-state index contributed by atoms with van der Waals surface area (Å²) < 4.78 is 14.8. The van der Waals surface area contributed by atoms with Crippen molar-refractivity contribution in [3.63, 3.8) is 0 Å². The molecule has 0 aromatic heterocycles. The number of hydrogen-bond acceptors (Lipinski definition) is 4. The summed E-state index contributed by atoms with van der Waals surface area (Å²) in [5, 5.41) is 6.93. The van der Waals surface area contributed by atoms with Crippen LogP contribution in [0, 0.1) is 5.82 Å². The lowest BCUT2D eigenvalue weighted by atomic mass is 10.1. The van der Waals surface area contributed by atoms with Crippen molar-refractivity contribution in [3.05, 3.63) is 29.6 Å². The molecule has 3 rings (SSSR count). The van der Waals surface area contributed by atoms with E-state index >= 15 is 0 Å². The number of piperazine rings is 1. The second-order valence-corrected chi connectivity index (χ2v) is 8.66. The van der Waals surface area contributed by atoms with Gasteiger partial charge >= 0.3 is 0 Å². The number of likely N-dealkylation sites (N-methyl/N-ethyl adjacent to an activating group) is 1. The summed E-state index contributed by atoms with van der Waals surface area (Å²) in [6.07, 6.45) is 3.49. The number of nitrogens with one attached hydrogen (secondary N) is 2. The highest BCUT2D eigenvalue weighted by Crippen LogP contribution is 2.22. The van der Waals surface area contributed by atoms with Crippen molar-refractivity contribution in [1.82, 2.24) is 20.4 Å². The molecule has 32 heavy (non-hydrogen) atoms. The SMILES string of the molecule is CCCN1CCC(NC(=NCc2ccc(N3CCN(CC)CC3)c(F)c2)NCC)CC1.I. The van der Waals surface area contributed by atoms with Gasteiger partial charge in [0, 0.05) is 51.9 Å². The molecule has 1 aromatic carbocycles. The van der Waals surface area contributed by atoms with E-state index in [9.17, 15) is 4.39 Å². The Balaban J connectivity index is 0.00000363. The Morgan fingerprint density at radius 3 is 2.34 bits per heavy atom. The van der Waals surface area contributed by atoms with Crippen LogP contribution in [0.25, 0.3) is 0 Å². The maximum absolute atomic E-state index is 14.8. The molecular formula is C24H42FIN6. The predicted octanol–water partition coefficient (Wildman–Crippen LogP) is 3.52. The minimum atomic E-state index is -0.140. The molecule has 2 aliphatic heterocycles. The Bertz CT molecular complexity index is 700. The van der Waals surface area contributed by atoms with Crippen LogP contribution in [0.15, 0.2) is 23.2 Å². The number of nitrogens with zero attached hydrogens (tertiary/aromatic N) is 4. The zero-order valence-electron chi connectivity index (χ0n) is 20.1. The highest BCUT2D eigenvalue weighted by atomic mass is 127. The Morgan fingerprint density at radius 2 is 1.75 bits per heavy atom. The van der Waals surface area contributed by atoms with Gasteiger partial charge in [-0.15, -0.1) is 24.0 Å². The third kappa shape index (κ3) is 8.02. The van der Waals surface area contributed by atoms with Gasteiger partial charge < -0.3 is 25.3 Å². The van der Waals surface area contributed by atoms with E-state index in [1.54, 1.807) is 6.07 Å². The average Bonchev–Trinajstić information content (AvgIpc) is 2.79. The van der Waals surface area contributed by atoms with Gasteiger partial charge in [0.1, 0.15) is 5.82 Å². The zero-order chi connectivity index (χ0) is 22.1. The molecule has 0 saturated carbocycles. The molecule has 2 saturated heterocycles. The van der Waals surface area contributed by atoms with Gasteiger partial charge in [-0.2, -0.15) is 0 Å². The molecule has 2 heterocycles. The Hall–Kier alpha value is -1.13. The topological polar surface area (TPSA) is 46.1 Å². The number of piperidine rings is 1. The molecule has 2 aliphatic rings.